The van der Waals surface area contributed by atoms with Gasteiger partial charge >= 0.3 is 5.89 Å². The quantitative estimate of drug-likeness (QED) is 0.555. The molecule has 0 unspecified atom stereocenters. The summed E-state index contributed by atoms with van der Waals surface area (Å²) in [5.74, 6) is 1.13. The van der Waals surface area contributed by atoms with Gasteiger partial charge in [0.2, 0.25) is 5.69 Å². The number of rotatable bonds is 2. The van der Waals surface area contributed by atoms with Crippen LogP contribution in [0, 0.1) is 12.1 Å². The summed E-state index contributed by atoms with van der Waals surface area (Å²) in [5, 5.41) is 11.8. The number of hydrogen-bond donors (Lipinski definition) is 0. The SMILES string of the molecule is CCc1oc(-c2ccccc2)[n+]([O-])c1C. The van der Waals surface area contributed by atoms with Gasteiger partial charge in [-0.2, -0.15) is 0 Å². The second-order valence-corrected chi connectivity index (χ2v) is 3.43. The van der Waals surface area contributed by atoms with E-state index in [1.807, 2.05) is 37.3 Å². The molecule has 0 aliphatic heterocycles. The van der Waals surface area contributed by atoms with Crippen LogP contribution >= 0.6 is 0 Å². The van der Waals surface area contributed by atoms with E-state index < -0.39 is 0 Å². The van der Waals surface area contributed by atoms with Gasteiger partial charge in [0.25, 0.3) is 0 Å². The van der Waals surface area contributed by atoms with Crippen molar-refractivity contribution in [1.29, 1.82) is 0 Å². The molecule has 2 aromatic rings. The summed E-state index contributed by atoms with van der Waals surface area (Å²) in [4.78, 5) is 0. The average molecular weight is 203 g/mol. The highest BCUT2D eigenvalue weighted by molar-refractivity contribution is 5.50. The minimum atomic E-state index is 0.380. The normalized spacial score (nSPS) is 10.5. The van der Waals surface area contributed by atoms with Crippen LogP contribution in [0.15, 0.2) is 34.7 Å². The van der Waals surface area contributed by atoms with E-state index in [2.05, 4.69) is 0 Å². The van der Waals surface area contributed by atoms with Gasteiger partial charge in [-0.25, -0.2) is 0 Å². The van der Waals surface area contributed by atoms with Crippen molar-refractivity contribution in [3.8, 4) is 11.5 Å². The van der Waals surface area contributed by atoms with Gasteiger partial charge in [0.1, 0.15) is 0 Å². The molecule has 2 rings (SSSR count). The molecule has 0 spiro atoms. The van der Waals surface area contributed by atoms with Gasteiger partial charge in [0.05, 0.1) is 5.56 Å². The third-order valence-electron chi connectivity index (χ3n) is 2.45. The van der Waals surface area contributed by atoms with E-state index in [9.17, 15) is 5.21 Å². The lowest BCUT2D eigenvalue weighted by Gasteiger charge is -1.96. The molecule has 15 heavy (non-hydrogen) atoms. The van der Waals surface area contributed by atoms with Gasteiger partial charge in [-0.3, -0.25) is 0 Å². The molecule has 0 saturated carbocycles. The van der Waals surface area contributed by atoms with Gasteiger partial charge in [-0.05, 0) is 12.1 Å². The highest BCUT2D eigenvalue weighted by Crippen LogP contribution is 2.19. The zero-order valence-electron chi connectivity index (χ0n) is 8.86. The Bertz CT molecular complexity index is 460. The molecule has 1 heterocycles. The molecular formula is C12H13NO2. The smallest absolute Gasteiger partial charge is 0.392 e. The summed E-state index contributed by atoms with van der Waals surface area (Å²) in [6.07, 6.45) is 0.737. The van der Waals surface area contributed by atoms with Crippen molar-refractivity contribution in [2.75, 3.05) is 0 Å². The molecule has 0 bridgehead atoms. The monoisotopic (exact) mass is 203 g/mol. The summed E-state index contributed by atoms with van der Waals surface area (Å²) in [7, 11) is 0. The zero-order valence-corrected chi connectivity index (χ0v) is 8.86. The van der Waals surface area contributed by atoms with Crippen molar-refractivity contribution in [1.82, 2.24) is 0 Å². The summed E-state index contributed by atoms with van der Waals surface area (Å²) < 4.78 is 6.39. The molecule has 0 aliphatic rings. The van der Waals surface area contributed by atoms with Crippen molar-refractivity contribution >= 4 is 0 Å². The largest absolute Gasteiger partial charge is 0.616 e. The Hall–Kier alpha value is -1.77. The van der Waals surface area contributed by atoms with E-state index in [-0.39, 0.29) is 0 Å². The van der Waals surface area contributed by atoms with Crippen LogP contribution < -0.4 is 4.73 Å². The molecule has 0 radical (unpaired) electrons. The minimum Gasteiger partial charge on any atom is -0.616 e. The Morgan fingerprint density at radius 3 is 2.47 bits per heavy atom. The maximum absolute atomic E-state index is 11.8. The van der Waals surface area contributed by atoms with Gasteiger partial charge in [0.15, 0.2) is 5.76 Å². The second-order valence-electron chi connectivity index (χ2n) is 3.43. The summed E-state index contributed by atoms with van der Waals surface area (Å²) in [6.45, 7) is 3.75. The second kappa shape index (κ2) is 3.77. The van der Waals surface area contributed by atoms with E-state index in [0.717, 1.165) is 22.5 Å². The summed E-state index contributed by atoms with van der Waals surface area (Å²) in [6, 6.07) is 9.42. The molecule has 0 saturated heterocycles. The predicted octanol–water partition coefficient (Wildman–Crippen LogP) is 2.45. The topological polar surface area (TPSA) is 40.1 Å². The lowest BCUT2D eigenvalue weighted by Crippen LogP contribution is -2.29. The first-order valence-electron chi connectivity index (χ1n) is 5.01. The minimum absolute atomic E-state index is 0.380. The average Bonchev–Trinajstić information content (AvgIpc) is 2.57. The lowest BCUT2D eigenvalue weighted by atomic mass is 10.2. The lowest BCUT2D eigenvalue weighted by molar-refractivity contribution is -0.602. The first-order chi connectivity index (χ1) is 7.24. The number of nitrogens with zero attached hydrogens (tertiary/aromatic N) is 1. The van der Waals surface area contributed by atoms with Crippen LogP contribution in [0.1, 0.15) is 18.4 Å². The Morgan fingerprint density at radius 2 is 1.93 bits per heavy atom. The van der Waals surface area contributed by atoms with Crippen LogP contribution in [-0.4, -0.2) is 0 Å². The maximum Gasteiger partial charge on any atom is 0.392 e. The van der Waals surface area contributed by atoms with Crippen molar-refractivity contribution in [2.24, 2.45) is 0 Å². The Balaban J connectivity index is 2.55. The molecule has 1 aromatic heterocycles. The van der Waals surface area contributed by atoms with Crippen molar-refractivity contribution < 1.29 is 9.15 Å². The number of aryl methyl sites for hydroxylation is 1. The van der Waals surface area contributed by atoms with Gasteiger partial charge in [0, 0.05) is 13.3 Å². The van der Waals surface area contributed by atoms with Gasteiger partial charge in [-0.15, -0.1) is 4.73 Å². The fraction of sp³-hybridized carbons (Fsp3) is 0.250. The first-order valence-corrected chi connectivity index (χ1v) is 5.01. The molecule has 0 fully saturated rings. The molecule has 0 atom stereocenters. The van der Waals surface area contributed by atoms with Gasteiger partial charge < -0.3 is 9.62 Å². The van der Waals surface area contributed by atoms with Crippen LogP contribution in [0.4, 0.5) is 0 Å². The predicted molar refractivity (Wildman–Crippen MR) is 57.2 cm³/mol. The summed E-state index contributed by atoms with van der Waals surface area (Å²) in [5.41, 5.74) is 1.46. The van der Waals surface area contributed by atoms with Crippen molar-refractivity contribution in [3.05, 3.63) is 47.0 Å². The Labute approximate surface area is 88.6 Å². The van der Waals surface area contributed by atoms with E-state index in [1.54, 1.807) is 6.92 Å². The third-order valence-corrected chi connectivity index (χ3v) is 2.45. The number of oxazole rings is 1. The Morgan fingerprint density at radius 1 is 1.27 bits per heavy atom. The highest BCUT2D eigenvalue weighted by atomic mass is 16.5. The molecule has 78 valence electrons. The third kappa shape index (κ3) is 1.61. The molecule has 3 heteroatoms. The highest BCUT2D eigenvalue weighted by Gasteiger charge is 2.21. The van der Waals surface area contributed by atoms with E-state index in [1.165, 1.54) is 0 Å². The van der Waals surface area contributed by atoms with Crippen LogP contribution in [0.25, 0.3) is 11.5 Å². The fourth-order valence-electron chi connectivity index (χ4n) is 1.58. The van der Waals surface area contributed by atoms with Crippen molar-refractivity contribution in [3.63, 3.8) is 0 Å². The molecule has 1 aromatic carbocycles. The van der Waals surface area contributed by atoms with Crippen LogP contribution in [0.2, 0.25) is 0 Å². The Kier molecular flexibility index (Phi) is 2.46. The molecular weight excluding hydrogens is 190 g/mol. The zero-order chi connectivity index (χ0) is 10.8. The maximum atomic E-state index is 11.8. The molecule has 3 nitrogen and oxygen atoms in total. The molecule has 0 amide bonds. The van der Waals surface area contributed by atoms with E-state index in [4.69, 9.17) is 4.42 Å². The molecule has 0 N–H and O–H groups in total. The fourth-order valence-corrected chi connectivity index (χ4v) is 1.58. The first kappa shape index (κ1) is 9.77. The van der Waals surface area contributed by atoms with Gasteiger partial charge in [-0.1, -0.05) is 25.1 Å². The molecule has 0 aliphatic carbocycles. The van der Waals surface area contributed by atoms with Crippen LogP contribution in [0.3, 0.4) is 0 Å². The van der Waals surface area contributed by atoms with Crippen LogP contribution in [-0.2, 0) is 6.42 Å². The number of hydrogen-bond acceptors (Lipinski definition) is 2. The summed E-state index contributed by atoms with van der Waals surface area (Å²) >= 11 is 0. The van der Waals surface area contributed by atoms with E-state index in [0.29, 0.717) is 11.6 Å². The standard InChI is InChI=1S/C12H13NO2/c1-3-11-9(2)13(14)12(15-11)10-7-5-4-6-8-10/h4-8H,3H2,1-2H3. The van der Waals surface area contributed by atoms with Crippen LogP contribution in [0.5, 0.6) is 0 Å². The number of benzene rings is 1. The number of aromatic nitrogens is 1. The van der Waals surface area contributed by atoms with Crippen molar-refractivity contribution in [2.45, 2.75) is 20.3 Å². The van der Waals surface area contributed by atoms with E-state index >= 15 is 0 Å².